The Hall–Kier alpha value is -1.70. The molecule has 0 amide bonds. The minimum absolute atomic E-state index is 0.0535. The lowest BCUT2D eigenvalue weighted by atomic mass is 10.1. The number of benzene rings is 2. The fourth-order valence-electron chi connectivity index (χ4n) is 2.04. The Morgan fingerprint density at radius 2 is 1.77 bits per heavy atom. The van der Waals surface area contributed by atoms with Crippen LogP contribution in [0.3, 0.4) is 0 Å². The Balaban J connectivity index is 2.38. The number of hydrogen-bond donors (Lipinski definition) is 1. The second-order valence-electron chi connectivity index (χ2n) is 5.11. The van der Waals surface area contributed by atoms with Crippen molar-refractivity contribution in [1.82, 2.24) is 0 Å². The molecule has 0 atom stereocenters. The monoisotopic (exact) mass is 430 g/mol. The van der Waals surface area contributed by atoms with Gasteiger partial charge in [-0.05, 0) is 36.2 Å². The van der Waals surface area contributed by atoms with E-state index < -0.39 is 39.3 Å². The summed E-state index contributed by atoms with van der Waals surface area (Å²) in [5, 5.41) is 7.53. The highest BCUT2D eigenvalue weighted by Crippen LogP contribution is 2.44. The number of alkyl halides is 3. The molecule has 1 N–H and O–H groups in total. The maximum Gasteiger partial charge on any atom is 0.419 e. The molecule has 0 bridgehead atoms. The molecule has 0 saturated heterocycles. The molecule has 0 saturated carbocycles. The van der Waals surface area contributed by atoms with Gasteiger partial charge in [-0.2, -0.15) is 13.2 Å². The quantitative estimate of drug-likeness (QED) is 0.428. The lowest BCUT2D eigenvalue weighted by Crippen LogP contribution is -2.09. The van der Waals surface area contributed by atoms with Crippen molar-refractivity contribution in [2.75, 3.05) is 0 Å². The summed E-state index contributed by atoms with van der Waals surface area (Å²) in [5.74, 6) is -3.19. The van der Waals surface area contributed by atoms with Gasteiger partial charge in [0.15, 0.2) is 11.6 Å². The van der Waals surface area contributed by atoms with Gasteiger partial charge in [0.1, 0.15) is 10.8 Å². The molecular weight excluding hydrogens is 423 g/mol. The molecule has 0 aromatic heterocycles. The number of hydrogen-bond acceptors (Lipinski definition) is 2. The minimum Gasteiger partial charge on any atom is -0.481 e. The standard InChI is InChI=1S/C16H9Cl3F4O3/c17-10-3-2-8(5-7(10)1-4-12(24)25)26-15-11(18)6-9(16(21,22)23)14(20)13(15)19/h2-3,5-6H,1,4H2,(H,24,25). The third kappa shape index (κ3) is 4.72. The fourth-order valence-corrected chi connectivity index (χ4v) is 2.79. The number of carboxylic acids is 1. The van der Waals surface area contributed by atoms with E-state index in [0.717, 1.165) is 0 Å². The molecule has 0 unspecified atom stereocenters. The maximum atomic E-state index is 13.9. The summed E-state index contributed by atoms with van der Waals surface area (Å²) >= 11 is 17.4. The van der Waals surface area contributed by atoms with Gasteiger partial charge in [0, 0.05) is 11.4 Å². The minimum atomic E-state index is -4.97. The summed E-state index contributed by atoms with van der Waals surface area (Å²) in [5.41, 5.74) is -1.19. The predicted molar refractivity (Wildman–Crippen MR) is 88.9 cm³/mol. The largest absolute Gasteiger partial charge is 0.481 e. The lowest BCUT2D eigenvalue weighted by Gasteiger charge is -2.15. The second-order valence-corrected chi connectivity index (χ2v) is 6.30. The molecule has 0 aliphatic carbocycles. The Bertz CT molecular complexity index is 854. The average molecular weight is 432 g/mol. The predicted octanol–water partition coefficient (Wildman–Crippen LogP) is 6.61. The summed E-state index contributed by atoms with van der Waals surface area (Å²) < 4.78 is 57.5. The van der Waals surface area contributed by atoms with Gasteiger partial charge in [0.2, 0.25) is 0 Å². The summed E-state index contributed by atoms with van der Waals surface area (Å²) in [7, 11) is 0. The molecule has 140 valence electrons. The van der Waals surface area contributed by atoms with Crippen LogP contribution in [0.25, 0.3) is 0 Å². The number of carbonyl (C=O) groups is 1. The van der Waals surface area contributed by atoms with Crippen molar-refractivity contribution in [3.05, 3.63) is 56.3 Å². The van der Waals surface area contributed by atoms with Crippen LogP contribution >= 0.6 is 34.8 Å². The highest BCUT2D eigenvalue weighted by atomic mass is 35.5. The van der Waals surface area contributed by atoms with E-state index in [4.69, 9.17) is 44.6 Å². The van der Waals surface area contributed by atoms with Gasteiger partial charge >= 0.3 is 12.1 Å². The number of ether oxygens (including phenoxy) is 1. The van der Waals surface area contributed by atoms with Crippen molar-refractivity contribution >= 4 is 40.8 Å². The van der Waals surface area contributed by atoms with Crippen molar-refractivity contribution in [3.8, 4) is 11.5 Å². The van der Waals surface area contributed by atoms with Crippen LogP contribution in [0.1, 0.15) is 17.5 Å². The van der Waals surface area contributed by atoms with E-state index in [0.29, 0.717) is 11.6 Å². The molecule has 0 heterocycles. The molecule has 0 spiro atoms. The van der Waals surface area contributed by atoms with Crippen molar-refractivity contribution in [3.63, 3.8) is 0 Å². The molecule has 0 aliphatic rings. The third-order valence-corrected chi connectivity index (χ3v) is 4.25. The molecule has 2 rings (SSSR count). The smallest absolute Gasteiger partial charge is 0.419 e. The van der Waals surface area contributed by atoms with Gasteiger partial charge in [-0.1, -0.05) is 34.8 Å². The highest BCUT2D eigenvalue weighted by Gasteiger charge is 2.37. The first kappa shape index (κ1) is 20.6. The number of carboxylic acid groups (broad SMARTS) is 1. The Morgan fingerprint density at radius 1 is 1.12 bits per heavy atom. The third-order valence-electron chi connectivity index (χ3n) is 3.27. The van der Waals surface area contributed by atoms with E-state index in [2.05, 4.69) is 0 Å². The molecule has 0 aliphatic heterocycles. The van der Waals surface area contributed by atoms with E-state index in [1.807, 2.05) is 0 Å². The molecule has 2 aromatic carbocycles. The van der Waals surface area contributed by atoms with Crippen LogP contribution in [0.2, 0.25) is 15.1 Å². The van der Waals surface area contributed by atoms with Crippen LogP contribution in [0, 0.1) is 5.82 Å². The van der Waals surface area contributed by atoms with E-state index in [1.165, 1.54) is 18.2 Å². The first-order valence-electron chi connectivity index (χ1n) is 6.93. The number of halogens is 7. The van der Waals surface area contributed by atoms with Crippen molar-refractivity contribution in [2.45, 2.75) is 19.0 Å². The van der Waals surface area contributed by atoms with Gasteiger partial charge in [-0.3, -0.25) is 4.79 Å². The SMILES string of the molecule is O=C(O)CCc1cc(Oc2c(Cl)cc(C(F)(F)F)c(F)c2Cl)ccc1Cl. The van der Waals surface area contributed by atoms with E-state index >= 15 is 0 Å². The van der Waals surface area contributed by atoms with Gasteiger partial charge in [0.05, 0.1) is 10.6 Å². The highest BCUT2D eigenvalue weighted by molar-refractivity contribution is 6.37. The number of rotatable bonds is 5. The zero-order valence-corrected chi connectivity index (χ0v) is 14.9. The zero-order valence-electron chi connectivity index (χ0n) is 12.6. The van der Waals surface area contributed by atoms with Crippen LogP contribution in [-0.2, 0) is 17.4 Å². The molecule has 0 radical (unpaired) electrons. The average Bonchev–Trinajstić information content (AvgIpc) is 2.53. The van der Waals surface area contributed by atoms with E-state index in [9.17, 15) is 22.4 Å². The summed E-state index contributed by atoms with van der Waals surface area (Å²) in [6, 6.07) is 4.50. The van der Waals surface area contributed by atoms with Crippen LogP contribution in [0.15, 0.2) is 24.3 Å². The maximum absolute atomic E-state index is 13.9. The summed E-state index contributed by atoms with van der Waals surface area (Å²) in [6.07, 6.45) is -5.08. The molecular formula is C16H9Cl3F4O3. The molecule has 10 heteroatoms. The molecule has 3 nitrogen and oxygen atoms in total. The van der Waals surface area contributed by atoms with Gasteiger partial charge in [0.25, 0.3) is 0 Å². The van der Waals surface area contributed by atoms with E-state index in [1.54, 1.807) is 0 Å². The normalized spacial score (nSPS) is 11.5. The molecule has 0 fully saturated rings. The van der Waals surface area contributed by atoms with Crippen molar-refractivity contribution in [2.24, 2.45) is 0 Å². The van der Waals surface area contributed by atoms with Gasteiger partial charge < -0.3 is 9.84 Å². The zero-order chi connectivity index (χ0) is 19.6. The molecule has 26 heavy (non-hydrogen) atoms. The summed E-state index contributed by atoms with van der Waals surface area (Å²) in [6.45, 7) is 0. The van der Waals surface area contributed by atoms with Gasteiger partial charge in [-0.25, -0.2) is 4.39 Å². The number of aryl methyl sites for hydroxylation is 1. The fraction of sp³-hybridized carbons (Fsp3) is 0.188. The lowest BCUT2D eigenvalue weighted by molar-refractivity contribution is -0.140. The van der Waals surface area contributed by atoms with Crippen molar-refractivity contribution in [1.29, 1.82) is 0 Å². The number of aliphatic carboxylic acids is 1. The van der Waals surface area contributed by atoms with Crippen LogP contribution in [0.5, 0.6) is 11.5 Å². The van der Waals surface area contributed by atoms with Crippen LogP contribution in [0.4, 0.5) is 17.6 Å². The molecule has 2 aromatic rings. The topological polar surface area (TPSA) is 46.5 Å². The van der Waals surface area contributed by atoms with Crippen molar-refractivity contribution < 1.29 is 32.2 Å². The Kier molecular flexibility index (Phi) is 6.26. The van der Waals surface area contributed by atoms with Crippen LogP contribution in [-0.4, -0.2) is 11.1 Å². The first-order valence-corrected chi connectivity index (χ1v) is 8.07. The first-order chi connectivity index (χ1) is 12.0. The van der Waals surface area contributed by atoms with E-state index in [-0.39, 0.29) is 23.6 Å². The Morgan fingerprint density at radius 3 is 2.35 bits per heavy atom. The summed E-state index contributed by atoms with van der Waals surface area (Å²) in [4.78, 5) is 10.7. The van der Waals surface area contributed by atoms with Gasteiger partial charge in [-0.15, -0.1) is 0 Å². The Labute approximate surface area is 160 Å². The van der Waals surface area contributed by atoms with Crippen LogP contribution < -0.4 is 4.74 Å². The second kappa shape index (κ2) is 7.90.